The molecule has 1 rings (SSSR count). The summed E-state index contributed by atoms with van der Waals surface area (Å²) < 4.78 is 37.6. The molecule has 0 radical (unpaired) electrons. The van der Waals surface area contributed by atoms with E-state index in [0.717, 1.165) is 12.3 Å². The molecule has 0 fully saturated rings. The standard InChI is InChI=1S/C10H9F3N2O3/c11-10(12,13)8-6(2-1-4-14-8)9(18)15-5-3-7(16)17/h1-2,4H,3,5H2,(H,15,18)(H,16,17). The second kappa shape index (κ2) is 5.48. The van der Waals surface area contributed by atoms with Crippen molar-refractivity contribution in [3.63, 3.8) is 0 Å². The maximum atomic E-state index is 12.5. The number of aromatic nitrogens is 1. The van der Waals surface area contributed by atoms with Crippen LogP contribution in [0.4, 0.5) is 13.2 Å². The summed E-state index contributed by atoms with van der Waals surface area (Å²) in [7, 11) is 0. The molecule has 1 amide bonds. The van der Waals surface area contributed by atoms with Crippen molar-refractivity contribution < 1.29 is 27.9 Å². The molecular formula is C10H9F3N2O3. The Labute approximate surface area is 99.6 Å². The molecule has 8 heteroatoms. The number of nitrogens with zero attached hydrogens (tertiary/aromatic N) is 1. The fourth-order valence-corrected chi connectivity index (χ4v) is 1.19. The number of carbonyl (C=O) groups is 2. The predicted octanol–water partition coefficient (Wildman–Crippen LogP) is 1.30. The molecule has 98 valence electrons. The Kier molecular flexibility index (Phi) is 4.24. The maximum Gasteiger partial charge on any atom is 0.434 e. The van der Waals surface area contributed by atoms with E-state index in [1.54, 1.807) is 0 Å². The number of carboxylic acid groups (broad SMARTS) is 1. The van der Waals surface area contributed by atoms with Gasteiger partial charge in [-0.05, 0) is 12.1 Å². The summed E-state index contributed by atoms with van der Waals surface area (Å²) in [5.74, 6) is -2.16. The molecule has 0 spiro atoms. The molecule has 1 heterocycles. The van der Waals surface area contributed by atoms with Gasteiger partial charge >= 0.3 is 12.1 Å². The summed E-state index contributed by atoms with van der Waals surface area (Å²) in [5, 5.41) is 10.4. The first-order chi connectivity index (χ1) is 8.32. The van der Waals surface area contributed by atoms with Crippen molar-refractivity contribution in [1.29, 1.82) is 0 Å². The van der Waals surface area contributed by atoms with Crippen LogP contribution in [0.15, 0.2) is 18.3 Å². The van der Waals surface area contributed by atoms with E-state index in [2.05, 4.69) is 10.3 Å². The van der Waals surface area contributed by atoms with Crippen molar-refractivity contribution in [1.82, 2.24) is 10.3 Å². The third-order valence-electron chi connectivity index (χ3n) is 1.95. The number of rotatable bonds is 4. The van der Waals surface area contributed by atoms with Gasteiger partial charge in [-0.3, -0.25) is 14.6 Å². The summed E-state index contributed by atoms with van der Waals surface area (Å²) >= 11 is 0. The minimum Gasteiger partial charge on any atom is -0.481 e. The lowest BCUT2D eigenvalue weighted by molar-refractivity contribution is -0.141. The Hall–Kier alpha value is -2.12. The Morgan fingerprint density at radius 3 is 2.61 bits per heavy atom. The Bertz CT molecular complexity index is 460. The Morgan fingerprint density at radius 2 is 2.06 bits per heavy atom. The van der Waals surface area contributed by atoms with Gasteiger partial charge in [0, 0.05) is 12.7 Å². The Morgan fingerprint density at radius 1 is 1.39 bits per heavy atom. The molecule has 0 bridgehead atoms. The van der Waals surface area contributed by atoms with E-state index < -0.39 is 29.3 Å². The molecule has 0 saturated heterocycles. The summed E-state index contributed by atoms with van der Waals surface area (Å²) in [6.45, 7) is -0.250. The minimum atomic E-state index is -4.74. The van der Waals surface area contributed by atoms with Crippen LogP contribution in [0.5, 0.6) is 0 Å². The Balaban J connectivity index is 2.83. The highest BCUT2D eigenvalue weighted by atomic mass is 19.4. The van der Waals surface area contributed by atoms with Gasteiger partial charge in [0.2, 0.25) is 0 Å². The number of aliphatic carboxylic acids is 1. The molecule has 5 nitrogen and oxygen atoms in total. The number of halogens is 3. The zero-order chi connectivity index (χ0) is 13.8. The van der Waals surface area contributed by atoms with Crippen molar-refractivity contribution in [3.8, 4) is 0 Å². The summed E-state index contributed by atoms with van der Waals surface area (Å²) in [5.41, 5.74) is -1.92. The summed E-state index contributed by atoms with van der Waals surface area (Å²) in [6, 6.07) is 2.17. The van der Waals surface area contributed by atoms with E-state index in [4.69, 9.17) is 5.11 Å². The predicted molar refractivity (Wildman–Crippen MR) is 53.8 cm³/mol. The number of alkyl halides is 3. The average molecular weight is 262 g/mol. The number of pyridine rings is 1. The number of amides is 1. The third-order valence-corrected chi connectivity index (χ3v) is 1.95. The van der Waals surface area contributed by atoms with Gasteiger partial charge in [0.25, 0.3) is 5.91 Å². The minimum absolute atomic E-state index is 0.250. The largest absolute Gasteiger partial charge is 0.481 e. The van der Waals surface area contributed by atoms with Gasteiger partial charge in [0.15, 0.2) is 5.69 Å². The number of hydrogen-bond donors (Lipinski definition) is 2. The molecule has 0 aromatic carbocycles. The van der Waals surface area contributed by atoms with Gasteiger partial charge in [-0.25, -0.2) is 0 Å². The molecule has 1 aromatic rings. The first-order valence-corrected chi connectivity index (χ1v) is 4.84. The van der Waals surface area contributed by atoms with E-state index in [9.17, 15) is 22.8 Å². The van der Waals surface area contributed by atoms with E-state index in [1.807, 2.05) is 0 Å². The normalized spacial score (nSPS) is 11.1. The smallest absolute Gasteiger partial charge is 0.434 e. The second-order valence-corrected chi connectivity index (χ2v) is 3.30. The van der Waals surface area contributed by atoms with Crippen LogP contribution >= 0.6 is 0 Å². The molecule has 0 saturated carbocycles. The fraction of sp³-hybridized carbons (Fsp3) is 0.300. The lowest BCUT2D eigenvalue weighted by atomic mass is 10.1. The first kappa shape index (κ1) is 13.9. The quantitative estimate of drug-likeness (QED) is 0.857. The van der Waals surface area contributed by atoms with E-state index in [0.29, 0.717) is 0 Å². The molecule has 18 heavy (non-hydrogen) atoms. The fourth-order valence-electron chi connectivity index (χ4n) is 1.19. The molecule has 0 aliphatic heterocycles. The van der Waals surface area contributed by atoms with Gasteiger partial charge in [-0.15, -0.1) is 0 Å². The van der Waals surface area contributed by atoms with Crippen molar-refractivity contribution in [2.45, 2.75) is 12.6 Å². The highest BCUT2D eigenvalue weighted by Gasteiger charge is 2.36. The molecule has 0 aliphatic rings. The van der Waals surface area contributed by atoms with Crippen molar-refractivity contribution in [2.75, 3.05) is 6.54 Å². The number of hydrogen-bond acceptors (Lipinski definition) is 3. The van der Waals surface area contributed by atoms with Crippen LogP contribution in [-0.2, 0) is 11.0 Å². The zero-order valence-corrected chi connectivity index (χ0v) is 8.99. The van der Waals surface area contributed by atoms with Crippen LogP contribution in [0.2, 0.25) is 0 Å². The van der Waals surface area contributed by atoms with Crippen molar-refractivity contribution in [2.24, 2.45) is 0 Å². The SMILES string of the molecule is O=C(O)CCNC(=O)c1cccnc1C(F)(F)F. The van der Waals surface area contributed by atoms with Gasteiger partial charge in [0.05, 0.1) is 12.0 Å². The van der Waals surface area contributed by atoms with Crippen LogP contribution in [-0.4, -0.2) is 28.5 Å². The topological polar surface area (TPSA) is 79.3 Å². The van der Waals surface area contributed by atoms with Gasteiger partial charge in [-0.2, -0.15) is 13.2 Å². The molecular weight excluding hydrogens is 253 g/mol. The summed E-state index contributed by atoms with van der Waals surface area (Å²) in [6.07, 6.45) is -4.18. The van der Waals surface area contributed by atoms with E-state index in [1.165, 1.54) is 6.07 Å². The monoisotopic (exact) mass is 262 g/mol. The number of nitrogens with one attached hydrogen (secondary N) is 1. The first-order valence-electron chi connectivity index (χ1n) is 4.84. The van der Waals surface area contributed by atoms with Crippen LogP contribution in [0.1, 0.15) is 22.5 Å². The molecule has 0 atom stereocenters. The van der Waals surface area contributed by atoms with Crippen LogP contribution in [0.25, 0.3) is 0 Å². The third kappa shape index (κ3) is 3.72. The lowest BCUT2D eigenvalue weighted by Crippen LogP contribution is -2.28. The summed E-state index contributed by atoms with van der Waals surface area (Å²) in [4.78, 5) is 24.8. The van der Waals surface area contributed by atoms with Gasteiger partial charge < -0.3 is 10.4 Å². The van der Waals surface area contributed by atoms with Gasteiger partial charge in [-0.1, -0.05) is 0 Å². The maximum absolute atomic E-state index is 12.5. The molecule has 2 N–H and O–H groups in total. The molecule has 0 aliphatic carbocycles. The lowest BCUT2D eigenvalue weighted by Gasteiger charge is -2.10. The van der Waals surface area contributed by atoms with Gasteiger partial charge in [0.1, 0.15) is 0 Å². The zero-order valence-electron chi connectivity index (χ0n) is 8.99. The molecule has 1 aromatic heterocycles. The highest BCUT2D eigenvalue weighted by Crippen LogP contribution is 2.29. The number of carbonyl (C=O) groups excluding carboxylic acids is 1. The van der Waals surface area contributed by atoms with E-state index >= 15 is 0 Å². The van der Waals surface area contributed by atoms with Crippen LogP contribution in [0.3, 0.4) is 0 Å². The number of carboxylic acids is 1. The molecule has 0 unspecified atom stereocenters. The average Bonchev–Trinajstić information content (AvgIpc) is 2.27. The van der Waals surface area contributed by atoms with Crippen LogP contribution in [0, 0.1) is 0 Å². The van der Waals surface area contributed by atoms with Crippen molar-refractivity contribution >= 4 is 11.9 Å². The van der Waals surface area contributed by atoms with E-state index in [-0.39, 0.29) is 13.0 Å². The van der Waals surface area contributed by atoms with Crippen molar-refractivity contribution in [3.05, 3.63) is 29.6 Å². The highest BCUT2D eigenvalue weighted by molar-refractivity contribution is 5.95. The van der Waals surface area contributed by atoms with Crippen LogP contribution < -0.4 is 5.32 Å². The second-order valence-electron chi connectivity index (χ2n) is 3.30.